The molecule has 2 aromatic carbocycles. The van der Waals surface area contributed by atoms with Gasteiger partial charge in [0.05, 0.1) is 12.1 Å². The second-order valence-corrected chi connectivity index (χ2v) is 8.94. The van der Waals surface area contributed by atoms with Crippen LogP contribution in [0.3, 0.4) is 0 Å². The van der Waals surface area contributed by atoms with Gasteiger partial charge in [-0.05, 0) is 41.3 Å². The zero-order valence-electron chi connectivity index (χ0n) is 16.2. The molecule has 7 heteroatoms. The molecule has 0 unspecified atom stereocenters. The number of hydrogen-bond donors (Lipinski definition) is 1. The van der Waals surface area contributed by atoms with Crippen molar-refractivity contribution in [2.45, 2.75) is 30.0 Å². The highest BCUT2D eigenvalue weighted by molar-refractivity contribution is 7.98. The standard InChI is InChI=1S/C23H20N2O3S2/c26-21-11-12-22(27)25(21)14-16-7-9-17(10-8-16)24-23(28)19-5-1-2-6-20(19)30-15-18-4-3-13-29-18/h1-10,13H,11-12,14-15H2,(H,24,28). The number of carbonyl (C=O) groups is 3. The SMILES string of the molecule is O=C(Nc1ccc(CN2C(=O)CCC2=O)cc1)c1ccccc1SCc1cccs1. The summed E-state index contributed by atoms with van der Waals surface area (Å²) in [6.45, 7) is 0.272. The van der Waals surface area contributed by atoms with Crippen molar-refractivity contribution in [3.8, 4) is 0 Å². The predicted molar refractivity (Wildman–Crippen MR) is 120 cm³/mol. The summed E-state index contributed by atoms with van der Waals surface area (Å²) in [6, 6.07) is 18.9. The number of likely N-dealkylation sites (tertiary alicyclic amines) is 1. The monoisotopic (exact) mass is 436 g/mol. The van der Waals surface area contributed by atoms with Crippen LogP contribution in [0.1, 0.15) is 33.6 Å². The molecule has 4 rings (SSSR count). The smallest absolute Gasteiger partial charge is 0.256 e. The van der Waals surface area contributed by atoms with Crippen LogP contribution in [-0.2, 0) is 21.9 Å². The lowest BCUT2D eigenvalue weighted by Gasteiger charge is -2.14. The number of thioether (sulfide) groups is 1. The van der Waals surface area contributed by atoms with Gasteiger partial charge in [-0.25, -0.2) is 0 Å². The fourth-order valence-corrected chi connectivity index (χ4v) is 5.02. The average molecular weight is 437 g/mol. The molecule has 0 radical (unpaired) electrons. The summed E-state index contributed by atoms with van der Waals surface area (Å²) in [5, 5.41) is 4.98. The summed E-state index contributed by atoms with van der Waals surface area (Å²) < 4.78 is 0. The minimum absolute atomic E-state index is 0.131. The maximum atomic E-state index is 12.8. The number of carbonyl (C=O) groups excluding carboxylic acids is 3. The van der Waals surface area contributed by atoms with Crippen molar-refractivity contribution in [2.75, 3.05) is 5.32 Å². The molecule has 30 heavy (non-hydrogen) atoms. The van der Waals surface area contributed by atoms with Crippen LogP contribution in [0.2, 0.25) is 0 Å². The second kappa shape index (κ2) is 9.28. The number of anilines is 1. The van der Waals surface area contributed by atoms with Gasteiger partial charge in [0.2, 0.25) is 11.8 Å². The molecular weight excluding hydrogens is 416 g/mol. The minimum atomic E-state index is -0.165. The molecule has 0 bridgehead atoms. The third-order valence-corrected chi connectivity index (χ3v) is 6.97. The van der Waals surface area contributed by atoms with Gasteiger partial charge in [0, 0.05) is 34.1 Å². The van der Waals surface area contributed by atoms with Crippen LogP contribution in [0.5, 0.6) is 0 Å². The molecule has 1 N–H and O–H groups in total. The van der Waals surface area contributed by atoms with Gasteiger partial charge in [0.1, 0.15) is 0 Å². The molecule has 1 fully saturated rings. The number of rotatable bonds is 7. The molecule has 1 aliphatic rings. The van der Waals surface area contributed by atoms with Crippen molar-refractivity contribution in [1.82, 2.24) is 4.90 Å². The first-order valence-corrected chi connectivity index (χ1v) is 11.4. The third kappa shape index (κ3) is 4.80. The van der Waals surface area contributed by atoms with Crippen LogP contribution in [-0.4, -0.2) is 22.6 Å². The van der Waals surface area contributed by atoms with Crippen LogP contribution < -0.4 is 5.32 Å². The number of nitrogens with one attached hydrogen (secondary N) is 1. The number of hydrogen-bond acceptors (Lipinski definition) is 5. The Labute approximate surface area is 183 Å². The molecule has 0 atom stereocenters. The third-order valence-electron chi connectivity index (χ3n) is 4.79. The molecule has 3 amide bonds. The van der Waals surface area contributed by atoms with Crippen LogP contribution in [0.25, 0.3) is 0 Å². The molecule has 5 nitrogen and oxygen atoms in total. The van der Waals surface area contributed by atoms with Gasteiger partial charge in [0.25, 0.3) is 5.91 Å². The molecule has 1 aromatic heterocycles. The fraction of sp³-hybridized carbons (Fsp3) is 0.174. The highest BCUT2D eigenvalue weighted by atomic mass is 32.2. The van der Waals surface area contributed by atoms with Gasteiger partial charge >= 0.3 is 0 Å². The molecule has 3 aromatic rings. The first kappa shape index (κ1) is 20.4. The minimum Gasteiger partial charge on any atom is -0.322 e. The molecule has 0 saturated carbocycles. The lowest BCUT2D eigenvalue weighted by atomic mass is 10.1. The van der Waals surface area contributed by atoms with E-state index in [9.17, 15) is 14.4 Å². The van der Waals surface area contributed by atoms with Gasteiger partial charge in [-0.3, -0.25) is 19.3 Å². The van der Waals surface area contributed by atoms with Crippen LogP contribution in [0.15, 0.2) is 70.9 Å². The van der Waals surface area contributed by atoms with E-state index in [-0.39, 0.29) is 37.1 Å². The molecule has 0 spiro atoms. The summed E-state index contributed by atoms with van der Waals surface area (Å²) in [5.41, 5.74) is 2.15. The first-order valence-electron chi connectivity index (χ1n) is 9.58. The van der Waals surface area contributed by atoms with E-state index in [2.05, 4.69) is 11.4 Å². The molecule has 0 aliphatic carbocycles. The summed E-state index contributed by atoms with van der Waals surface area (Å²) in [4.78, 5) is 39.8. The summed E-state index contributed by atoms with van der Waals surface area (Å²) in [5.74, 6) is 0.398. The van der Waals surface area contributed by atoms with E-state index in [1.807, 2.05) is 47.8 Å². The van der Waals surface area contributed by atoms with Crippen molar-refractivity contribution in [2.24, 2.45) is 0 Å². The highest BCUT2D eigenvalue weighted by Gasteiger charge is 2.28. The van der Waals surface area contributed by atoms with Gasteiger partial charge in [-0.15, -0.1) is 23.1 Å². The number of thiophene rings is 1. The van der Waals surface area contributed by atoms with Crippen LogP contribution in [0.4, 0.5) is 5.69 Å². The number of nitrogens with zero attached hydrogens (tertiary/aromatic N) is 1. The van der Waals surface area contributed by atoms with E-state index < -0.39 is 0 Å². The Hall–Kier alpha value is -2.90. The van der Waals surface area contributed by atoms with E-state index in [0.29, 0.717) is 11.3 Å². The van der Waals surface area contributed by atoms with Crippen molar-refractivity contribution in [3.05, 3.63) is 82.0 Å². The lowest BCUT2D eigenvalue weighted by molar-refractivity contribution is -0.139. The van der Waals surface area contributed by atoms with E-state index in [0.717, 1.165) is 16.2 Å². The molecular formula is C23H20N2O3S2. The van der Waals surface area contributed by atoms with Crippen LogP contribution >= 0.6 is 23.1 Å². The Morgan fingerprint density at radius 1 is 0.967 bits per heavy atom. The quantitative estimate of drug-likeness (QED) is 0.421. The zero-order valence-corrected chi connectivity index (χ0v) is 17.8. The van der Waals surface area contributed by atoms with Crippen molar-refractivity contribution >= 4 is 46.5 Å². The lowest BCUT2D eigenvalue weighted by Crippen LogP contribution is -2.28. The average Bonchev–Trinajstić information content (AvgIpc) is 3.39. The molecule has 1 saturated heterocycles. The Bertz CT molecular complexity index is 1050. The van der Waals surface area contributed by atoms with E-state index in [1.165, 1.54) is 9.78 Å². The Morgan fingerprint density at radius 3 is 2.40 bits per heavy atom. The largest absolute Gasteiger partial charge is 0.322 e. The number of benzene rings is 2. The Morgan fingerprint density at radius 2 is 1.70 bits per heavy atom. The summed E-state index contributed by atoms with van der Waals surface area (Å²) >= 11 is 3.35. The van der Waals surface area contributed by atoms with E-state index in [4.69, 9.17) is 0 Å². The highest BCUT2D eigenvalue weighted by Crippen LogP contribution is 2.28. The normalized spacial score (nSPS) is 13.7. The van der Waals surface area contributed by atoms with Crippen molar-refractivity contribution < 1.29 is 14.4 Å². The van der Waals surface area contributed by atoms with E-state index in [1.54, 1.807) is 35.2 Å². The Balaban J connectivity index is 1.40. The van der Waals surface area contributed by atoms with E-state index >= 15 is 0 Å². The van der Waals surface area contributed by atoms with Gasteiger partial charge in [-0.1, -0.05) is 30.3 Å². The first-order chi connectivity index (χ1) is 14.6. The van der Waals surface area contributed by atoms with Crippen molar-refractivity contribution in [1.29, 1.82) is 0 Å². The molecule has 1 aliphatic heterocycles. The zero-order chi connectivity index (χ0) is 20.9. The summed E-state index contributed by atoms with van der Waals surface area (Å²) in [6.07, 6.45) is 0.577. The molecule has 2 heterocycles. The Kier molecular flexibility index (Phi) is 6.30. The number of amides is 3. The predicted octanol–water partition coefficient (Wildman–Crippen LogP) is 4.94. The van der Waals surface area contributed by atoms with Gasteiger partial charge in [0.15, 0.2) is 0 Å². The second-order valence-electron chi connectivity index (χ2n) is 6.89. The topological polar surface area (TPSA) is 66.5 Å². The molecule has 152 valence electrons. The van der Waals surface area contributed by atoms with Crippen LogP contribution in [0, 0.1) is 0 Å². The summed E-state index contributed by atoms with van der Waals surface area (Å²) in [7, 11) is 0. The van der Waals surface area contributed by atoms with Gasteiger partial charge < -0.3 is 5.32 Å². The van der Waals surface area contributed by atoms with Gasteiger partial charge in [-0.2, -0.15) is 0 Å². The fourth-order valence-electron chi connectivity index (χ4n) is 3.20. The number of imide groups is 1. The maximum Gasteiger partial charge on any atom is 0.256 e. The maximum absolute atomic E-state index is 12.8. The van der Waals surface area contributed by atoms with Crippen molar-refractivity contribution in [3.63, 3.8) is 0 Å².